The molecule has 2 heterocycles. The Morgan fingerprint density at radius 3 is 2.70 bits per heavy atom. The van der Waals surface area contributed by atoms with Crippen LogP contribution in [0, 0.1) is 5.41 Å². The number of methoxy groups -OCH3 is 1. The van der Waals surface area contributed by atoms with Crippen molar-refractivity contribution in [1.82, 2.24) is 10.2 Å². The second-order valence-electron chi connectivity index (χ2n) is 5.77. The highest BCUT2D eigenvalue weighted by molar-refractivity contribution is 7.19. The molecule has 1 saturated carbocycles. The SMILES string of the molecule is COc1c(NC2CC2)cc(C(=O)Nc2nnc(N/C(C)=C\C=N)s2)oc1=O. The summed E-state index contributed by atoms with van der Waals surface area (Å²) in [7, 11) is 1.37. The first-order valence-corrected chi connectivity index (χ1v) is 8.89. The molecule has 142 valence electrons. The van der Waals surface area contributed by atoms with Gasteiger partial charge in [0, 0.05) is 24.0 Å². The van der Waals surface area contributed by atoms with E-state index in [0.29, 0.717) is 16.5 Å². The topological polar surface area (TPSA) is 142 Å². The number of nitrogens with zero attached hydrogens (tertiary/aromatic N) is 2. The molecule has 0 spiro atoms. The van der Waals surface area contributed by atoms with Gasteiger partial charge in [0.25, 0.3) is 5.91 Å². The summed E-state index contributed by atoms with van der Waals surface area (Å²) in [5.41, 5.74) is 0.393. The summed E-state index contributed by atoms with van der Waals surface area (Å²) in [6.45, 7) is 1.77. The Bertz CT molecular complexity index is 947. The molecule has 10 nitrogen and oxygen atoms in total. The van der Waals surface area contributed by atoms with Gasteiger partial charge in [-0.3, -0.25) is 10.1 Å². The highest BCUT2D eigenvalue weighted by atomic mass is 32.1. The number of carbonyl (C=O) groups is 1. The van der Waals surface area contributed by atoms with E-state index in [9.17, 15) is 9.59 Å². The van der Waals surface area contributed by atoms with Gasteiger partial charge in [0.05, 0.1) is 12.8 Å². The molecule has 0 saturated heterocycles. The molecule has 11 heteroatoms. The first-order chi connectivity index (χ1) is 13.0. The number of allylic oxidation sites excluding steroid dienone is 2. The molecular weight excluding hydrogens is 372 g/mol. The van der Waals surface area contributed by atoms with Crippen molar-refractivity contribution in [3.8, 4) is 5.75 Å². The van der Waals surface area contributed by atoms with Crippen molar-refractivity contribution in [3.05, 3.63) is 34.0 Å². The number of hydrogen-bond acceptors (Lipinski definition) is 10. The molecule has 1 amide bonds. The third-order valence-corrected chi connectivity index (χ3v) is 4.31. The van der Waals surface area contributed by atoms with E-state index in [1.807, 2.05) is 0 Å². The molecule has 1 fully saturated rings. The molecule has 2 aromatic heterocycles. The molecule has 0 radical (unpaired) electrons. The number of ether oxygens (including phenoxy) is 1. The first-order valence-electron chi connectivity index (χ1n) is 8.08. The van der Waals surface area contributed by atoms with Crippen molar-refractivity contribution in [1.29, 1.82) is 5.41 Å². The number of hydrogen-bond donors (Lipinski definition) is 4. The highest BCUT2D eigenvalue weighted by Gasteiger charge is 2.25. The molecule has 0 unspecified atom stereocenters. The lowest BCUT2D eigenvalue weighted by Crippen LogP contribution is -2.17. The Hall–Kier alpha value is -3.21. The fourth-order valence-corrected chi connectivity index (χ4v) is 2.86. The van der Waals surface area contributed by atoms with Crippen molar-refractivity contribution in [2.75, 3.05) is 23.1 Å². The van der Waals surface area contributed by atoms with Crippen LogP contribution in [0.25, 0.3) is 0 Å². The maximum atomic E-state index is 12.4. The van der Waals surface area contributed by atoms with Gasteiger partial charge in [-0.05, 0) is 25.8 Å². The Morgan fingerprint density at radius 2 is 2.07 bits per heavy atom. The van der Waals surface area contributed by atoms with E-state index < -0.39 is 11.5 Å². The van der Waals surface area contributed by atoms with Gasteiger partial charge in [0.2, 0.25) is 16.0 Å². The van der Waals surface area contributed by atoms with Crippen molar-refractivity contribution in [2.24, 2.45) is 0 Å². The zero-order valence-corrected chi connectivity index (χ0v) is 15.5. The van der Waals surface area contributed by atoms with Crippen LogP contribution in [0.1, 0.15) is 30.3 Å². The van der Waals surface area contributed by atoms with E-state index in [1.165, 1.54) is 13.2 Å². The molecule has 0 aliphatic heterocycles. The number of carbonyl (C=O) groups excluding carboxylic acids is 1. The summed E-state index contributed by atoms with van der Waals surface area (Å²) in [4.78, 5) is 24.5. The highest BCUT2D eigenvalue weighted by Crippen LogP contribution is 2.30. The predicted molar refractivity (Wildman–Crippen MR) is 102 cm³/mol. The van der Waals surface area contributed by atoms with E-state index in [1.54, 1.807) is 13.0 Å². The normalized spacial score (nSPS) is 13.8. The minimum absolute atomic E-state index is 0.0364. The quantitative estimate of drug-likeness (QED) is 0.503. The lowest BCUT2D eigenvalue weighted by Gasteiger charge is -2.10. The van der Waals surface area contributed by atoms with E-state index >= 15 is 0 Å². The molecule has 0 bridgehead atoms. The fraction of sp³-hybridized carbons (Fsp3) is 0.312. The predicted octanol–water partition coefficient (Wildman–Crippen LogP) is 2.29. The van der Waals surface area contributed by atoms with Gasteiger partial charge in [-0.2, -0.15) is 0 Å². The third kappa shape index (κ3) is 4.70. The van der Waals surface area contributed by atoms with Crippen LogP contribution in [0.15, 0.2) is 27.1 Å². The first kappa shape index (κ1) is 18.6. The Labute approximate surface area is 158 Å². The van der Waals surface area contributed by atoms with Gasteiger partial charge < -0.3 is 25.2 Å². The minimum Gasteiger partial charge on any atom is -0.488 e. The van der Waals surface area contributed by atoms with Crippen molar-refractivity contribution in [3.63, 3.8) is 0 Å². The second-order valence-corrected chi connectivity index (χ2v) is 6.75. The Kier molecular flexibility index (Phi) is 5.50. The number of aromatic nitrogens is 2. The number of anilines is 3. The monoisotopic (exact) mass is 390 g/mol. The van der Waals surface area contributed by atoms with E-state index in [4.69, 9.17) is 14.6 Å². The lowest BCUT2D eigenvalue weighted by molar-refractivity contribution is 0.0991. The van der Waals surface area contributed by atoms with Crippen LogP contribution in [-0.4, -0.2) is 35.5 Å². The number of rotatable bonds is 8. The van der Waals surface area contributed by atoms with Crippen LogP contribution in [0.2, 0.25) is 0 Å². The largest absolute Gasteiger partial charge is 0.488 e. The maximum Gasteiger partial charge on any atom is 0.381 e. The molecule has 1 aliphatic carbocycles. The molecule has 4 N–H and O–H groups in total. The average molecular weight is 390 g/mol. The molecule has 27 heavy (non-hydrogen) atoms. The van der Waals surface area contributed by atoms with Crippen molar-refractivity contribution in [2.45, 2.75) is 25.8 Å². The van der Waals surface area contributed by atoms with Gasteiger partial charge in [-0.15, -0.1) is 10.2 Å². The average Bonchev–Trinajstić information content (AvgIpc) is 3.33. The second kappa shape index (κ2) is 7.99. The summed E-state index contributed by atoms with van der Waals surface area (Å²) in [6, 6.07) is 1.70. The van der Waals surface area contributed by atoms with Crippen LogP contribution >= 0.6 is 11.3 Å². The fourth-order valence-electron chi connectivity index (χ4n) is 2.16. The third-order valence-electron chi connectivity index (χ3n) is 3.56. The number of nitrogens with one attached hydrogen (secondary N) is 4. The van der Waals surface area contributed by atoms with Crippen molar-refractivity contribution >= 4 is 39.4 Å². The van der Waals surface area contributed by atoms with Crippen LogP contribution in [0.5, 0.6) is 5.75 Å². The van der Waals surface area contributed by atoms with E-state index in [2.05, 4.69) is 26.1 Å². The smallest absolute Gasteiger partial charge is 0.381 e. The Morgan fingerprint density at radius 1 is 1.37 bits per heavy atom. The molecule has 0 atom stereocenters. The van der Waals surface area contributed by atoms with E-state index in [0.717, 1.165) is 30.4 Å². The molecule has 1 aliphatic rings. The van der Waals surface area contributed by atoms with E-state index in [-0.39, 0.29) is 22.7 Å². The van der Waals surface area contributed by atoms with Crippen LogP contribution in [0.3, 0.4) is 0 Å². The van der Waals surface area contributed by atoms with Crippen LogP contribution in [0.4, 0.5) is 16.0 Å². The van der Waals surface area contributed by atoms with Crippen LogP contribution < -0.4 is 26.3 Å². The van der Waals surface area contributed by atoms with Gasteiger partial charge in [-0.1, -0.05) is 11.3 Å². The van der Waals surface area contributed by atoms with Gasteiger partial charge in [-0.25, -0.2) is 4.79 Å². The minimum atomic E-state index is -0.736. The van der Waals surface area contributed by atoms with Gasteiger partial charge in [0.1, 0.15) is 0 Å². The zero-order chi connectivity index (χ0) is 19.4. The van der Waals surface area contributed by atoms with Crippen molar-refractivity contribution < 1.29 is 13.9 Å². The Balaban J connectivity index is 1.75. The van der Waals surface area contributed by atoms with Gasteiger partial charge >= 0.3 is 5.63 Å². The summed E-state index contributed by atoms with van der Waals surface area (Å²) < 4.78 is 10.1. The van der Waals surface area contributed by atoms with Gasteiger partial charge in [0.15, 0.2) is 5.76 Å². The number of amides is 1. The maximum absolute atomic E-state index is 12.4. The standard InChI is InChI=1S/C16H18N6O4S/c1-8(5-6-17)18-15-21-22-16(27-15)20-13(23)11-7-10(19-9-3-4-9)12(25-2)14(24)26-11/h5-7,9,17,19H,3-4H2,1-2H3,(H,18,21)(H,20,22,23)/b8-5-,17-6?. The lowest BCUT2D eigenvalue weighted by atomic mass is 10.3. The van der Waals surface area contributed by atoms with Crippen LogP contribution in [-0.2, 0) is 0 Å². The molecule has 2 aromatic rings. The summed E-state index contributed by atoms with van der Waals surface area (Å²) >= 11 is 1.11. The summed E-state index contributed by atoms with van der Waals surface area (Å²) in [5, 5.41) is 24.1. The molecular formula is C16H18N6O4S. The summed E-state index contributed by atoms with van der Waals surface area (Å²) in [6.07, 6.45) is 4.69. The molecule has 0 aromatic carbocycles. The zero-order valence-electron chi connectivity index (χ0n) is 14.7. The molecule has 3 rings (SSSR count). The summed E-state index contributed by atoms with van der Waals surface area (Å²) in [5.74, 6) is -0.745.